The molecule has 1 aromatic carbocycles. The smallest absolute Gasteiger partial charge is 0.233 e. The molecule has 3 nitrogen and oxygen atoms in total. The molecule has 0 saturated carbocycles. The molecule has 82 valence electrons. The second kappa shape index (κ2) is 5.14. The van der Waals surface area contributed by atoms with Crippen molar-refractivity contribution in [1.82, 2.24) is 10.2 Å². The fourth-order valence-electron chi connectivity index (χ4n) is 1.18. The van der Waals surface area contributed by atoms with Crippen molar-refractivity contribution in [3.05, 3.63) is 52.1 Å². The van der Waals surface area contributed by atoms with Crippen LogP contribution in [0.1, 0.15) is 5.56 Å². The van der Waals surface area contributed by atoms with Crippen LogP contribution < -0.4 is 4.74 Å². The van der Waals surface area contributed by atoms with Gasteiger partial charge in [-0.3, -0.25) is 0 Å². The van der Waals surface area contributed by atoms with Gasteiger partial charge in [-0.15, -0.1) is 5.10 Å². The van der Waals surface area contributed by atoms with Gasteiger partial charge in [-0.2, -0.15) is 5.10 Å². The van der Waals surface area contributed by atoms with Gasteiger partial charge in [0.05, 0.1) is 0 Å². The van der Waals surface area contributed by atoms with Crippen LogP contribution in [0, 0.1) is 0 Å². The molecule has 2 rings (SSSR count). The van der Waals surface area contributed by atoms with Crippen molar-refractivity contribution in [1.29, 1.82) is 0 Å². The monoisotopic (exact) mass is 254 g/mol. The van der Waals surface area contributed by atoms with Crippen molar-refractivity contribution in [2.75, 3.05) is 0 Å². The molecule has 0 atom stereocenters. The van der Waals surface area contributed by atoms with E-state index < -0.39 is 0 Å². The molecule has 0 saturated heterocycles. The van der Waals surface area contributed by atoms with E-state index in [1.807, 2.05) is 0 Å². The molecule has 5 heteroatoms. The Labute approximate surface area is 103 Å². The Kier molecular flexibility index (Phi) is 3.59. The van der Waals surface area contributed by atoms with E-state index in [1.54, 1.807) is 36.5 Å². The molecule has 1 aromatic heterocycles. The summed E-state index contributed by atoms with van der Waals surface area (Å²) in [6.07, 6.45) is 1.58. The van der Waals surface area contributed by atoms with E-state index in [4.69, 9.17) is 27.9 Å². The minimum atomic E-state index is 0.275. The van der Waals surface area contributed by atoms with Gasteiger partial charge in [-0.25, -0.2) is 0 Å². The molecule has 0 N–H and O–H groups in total. The van der Waals surface area contributed by atoms with Crippen molar-refractivity contribution in [2.45, 2.75) is 6.61 Å². The van der Waals surface area contributed by atoms with E-state index in [-0.39, 0.29) is 6.61 Å². The third-order valence-corrected chi connectivity index (χ3v) is 2.68. The summed E-state index contributed by atoms with van der Waals surface area (Å²) >= 11 is 12.0. The minimum Gasteiger partial charge on any atom is -0.472 e. The molecular formula is C11H8Cl2N2O. The molecule has 0 unspecified atom stereocenters. The Bertz CT molecular complexity index is 456. The maximum atomic E-state index is 6.00. The number of nitrogens with zero attached hydrogens (tertiary/aromatic N) is 2. The highest BCUT2D eigenvalue weighted by Crippen LogP contribution is 2.25. The molecule has 0 bridgehead atoms. The van der Waals surface area contributed by atoms with Gasteiger partial charge < -0.3 is 4.74 Å². The van der Waals surface area contributed by atoms with Crippen LogP contribution in [-0.4, -0.2) is 10.2 Å². The number of hydrogen-bond donors (Lipinski definition) is 0. The van der Waals surface area contributed by atoms with Crippen LogP contribution in [0.5, 0.6) is 5.88 Å². The summed E-state index contributed by atoms with van der Waals surface area (Å²) in [5.74, 6) is 0.443. The first kappa shape index (κ1) is 11.2. The number of hydrogen-bond acceptors (Lipinski definition) is 3. The Morgan fingerprint density at radius 2 is 1.81 bits per heavy atom. The maximum absolute atomic E-state index is 6.00. The molecule has 1 heterocycles. The summed E-state index contributed by atoms with van der Waals surface area (Å²) in [6.45, 7) is 0.275. The van der Waals surface area contributed by atoms with Crippen LogP contribution in [0.4, 0.5) is 0 Å². The van der Waals surface area contributed by atoms with Crippen molar-refractivity contribution in [2.24, 2.45) is 0 Å². The Balaban J connectivity index is 2.11. The topological polar surface area (TPSA) is 35.0 Å². The summed E-state index contributed by atoms with van der Waals surface area (Å²) in [7, 11) is 0. The average molecular weight is 255 g/mol. The molecule has 0 fully saturated rings. The fourth-order valence-corrected chi connectivity index (χ4v) is 1.69. The lowest BCUT2D eigenvalue weighted by molar-refractivity contribution is 0.290. The van der Waals surface area contributed by atoms with Crippen LogP contribution >= 0.6 is 23.2 Å². The predicted molar refractivity (Wildman–Crippen MR) is 62.8 cm³/mol. The molecule has 0 spiro atoms. The summed E-state index contributed by atoms with van der Waals surface area (Å²) in [6, 6.07) is 8.79. The van der Waals surface area contributed by atoms with E-state index in [9.17, 15) is 0 Å². The lowest BCUT2D eigenvalue weighted by Crippen LogP contribution is -1.99. The van der Waals surface area contributed by atoms with E-state index in [1.165, 1.54) is 0 Å². The molecule has 0 amide bonds. The average Bonchev–Trinajstić information content (AvgIpc) is 2.30. The van der Waals surface area contributed by atoms with Crippen molar-refractivity contribution in [3.63, 3.8) is 0 Å². The second-order valence-corrected chi connectivity index (χ2v) is 3.87. The van der Waals surface area contributed by atoms with Crippen molar-refractivity contribution in [3.8, 4) is 5.88 Å². The largest absolute Gasteiger partial charge is 0.472 e. The van der Waals surface area contributed by atoms with Gasteiger partial charge in [0.15, 0.2) is 0 Å². The van der Waals surface area contributed by atoms with Gasteiger partial charge >= 0.3 is 0 Å². The normalized spacial score (nSPS) is 10.1. The first-order valence-corrected chi connectivity index (χ1v) is 5.36. The number of benzene rings is 1. The standard InChI is InChI=1S/C11H8Cl2N2O/c12-9-3-1-4-10(13)8(9)7-16-11-5-2-6-14-15-11/h1-6H,7H2. The highest BCUT2D eigenvalue weighted by atomic mass is 35.5. The van der Waals surface area contributed by atoms with Crippen LogP contribution in [-0.2, 0) is 6.61 Å². The summed E-state index contributed by atoms with van der Waals surface area (Å²) in [4.78, 5) is 0. The first-order chi connectivity index (χ1) is 7.77. The van der Waals surface area contributed by atoms with Gasteiger partial charge in [0, 0.05) is 27.9 Å². The maximum Gasteiger partial charge on any atom is 0.233 e. The van der Waals surface area contributed by atoms with Gasteiger partial charge in [0.25, 0.3) is 0 Å². The quantitative estimate of drug-likeness (QED) is 0.843. The zero-order valence-corrected chi connectivity index (χ0v) is 9.74. The fraction of sp³-hybridized carbons (Fsp3) is 0.0909. The minimum absolute atomic E-state index is 0.275. The lowest BCUT2D eigenvalue weighted by Gasteiger charge is -2.07. The first-order valence-electron chi connectivity index (χ1n) is 4.61. The van der Waals surface area contributed by atoms with Crippen LogP contribution in [0.3, 0.4) is 0 Å². The lowest BCUT2D eigenvalue weighted by atomic mass is 10.2. The molecule has 0 aliphatic heterocycles. The van der Waals surface area contributed by atoms with Crippen molar-refractivity contribution < 1.29 is 4.74 Å². The van der Waals surface area contributed by atoms with Crippen LogP contribution in [0.15, 0.2) is 36.5 Å². The number of rotatable bonds is 3. The highest BCUT2D eigenvalue weighted by Gasteiger charge is 2.06. The van der Waals surface area contributed by atoms with E-state index in [0.29, 0.717) is 15.9 Å². The molecule has 0 radical (unpaired) electrons. The van der Waals surface area contributed by atoms with E-state index >= 15 is 0 Å². The van der Waals surface area contributed by atoms with Crippen LogP contribution in [0.25, 0.3) is 0 Å². The third kappa shape index (κ3) is 2.62. The molecular weight excluding hydrogens is 247 g/mol. The predicted octanol–water partition coefficient (Wildman–Crippen LogP) is 3.36. The van der Waals surface area contributed by atoms with Gasteiger partial charge in [0.2, 0.25) is 5.88 Å². The van der Waals surface area contributed by atoms with Crippen molar-refractivity contribution >= 4 is 23.2 Å². The second-order valence-electron chi connectivity index (χ2n) is 3.05. The zero-order chi connectivity index (χ0) is 11.4. The van der Waals surface area contributed by atoms with E-state index in [2.05, 4.69) is 10.2 Å². The summed E-state index contributed by atoms with van der Waals surface area (Å²) in [5.41, 5.74) is 0.747. The number of halogens is 2. The molecule has 0 aliphatic rings. The Hall–Kier alpha value is -1.32. The molecule has 16 heavy (non-hydrogen) atoms. The number of ether oxygens (including phenoxy) is 1. The van der Waals surface area contributed by atoms with Gasteiger partial charge in [-0.05, 0) is 18.2 Å². The third-order valence-electron chi connectivity index (χ3n) is 1.97. The van der Waals surface area contributed by atoms with Gasteiger partial charge in [0.1, 0.15) is 6.61 Å². The Morgan fingerprint density at radius 3 is 2.44 bits per heavy atom. The van der Waals surface area contributed by atoms with Crippen LogP contribution in [0.2, 0.25) is 10.0 Å². The Morgan fingerprint density at radius 1 is 1.06 bits per heavy atom. The zero-order valence-electron chi connectivity index (χ0n) is 8.23. The molecule has 0 aliphatic carbocycles. The number of aromatic nitrogens is 2. The van der Waals surface area contributed by atoms with E-state index in [0.717, 1.165) is 5.56 Å². The molecule has 2 aromatic rings. The SMILES string of the molecule is Clc1cccc(Cl)c1COc1cccnn1. The van der Waals surface area contributed by atoms with Gasteiger partial charge in [-0.1, -0.05) is 29.3 Å². The summed E-state index contributed by atoms with van der Waals surface area (Å²) < 4.78 is 5.41. The highest BCUT2D eigenvalue weighted by molar-refractivity contribution is 6.35. The summed E-state index contributed by atoms with van der Waals surface area (Å²) in [5, 5.41) is 8.66.